The van der Waals surface area contributed by atoms with Crippen LogP contribution in [0, 0.1) is 0 Å². The summed E-state index contributed by atoms with van der Waals surface area (Å²) in [6.45, 7) is 12.6. The molecule has 0 aromatic rings. The fourth-order valence-electron chi connectivity index (χ4n) is 3.94. The Morgan fingerprint density at radius 3 is 2.05 bits per heavy atom. The summed E-state index contributed by atoms with van der Waals surface area (Å²) in [6, 6.07) is 0.609. The van der Waals surface area contributed by atoms with Crippen molar-refractivity contribution in [1.82, 2.24) is 10.4 Å². The maximum atomic E-state index is 5.65. The zero-order valence-electron chi connectivity index (χ0n) is 14.6. The maximum Gasteiger partial charge on any atom is 0.0575 e. The normalized spacial score (nSPS) is 23.1. The van der Waals surface area contributed by atoms with Crippen LogP contribution in [0.5, 0.6) is 0 Å². The van der Waals surface area contributed by atoms with E-state index in [1.165, 1.54) is 32.1 Å². The predicted molar refractivity (Wildman–Crippen MR) is 86.8 cm³/mol. The zero-order valence-corrected chi connectivity index (χ0v) is 14.6. The zero-order chi connectivity index (χ0) is 15.2. The second kappa shape index (κ2) is 7.77. The van der Waals surface area contributed by atoms with Gasteiger partial charge < -0.3 is 10.2 Å². The molecule has 1 rings (SSSR count). The highest BCUT2D eigenvalue weighted by Gasteiger charge is 2.45. The summed E-state index contributed by atoms with van der Waals surface area (Å²) in [4.78, 5) is 5.65. The Bertz CT molecular complexity index is 258. The van der Waals surface area contributed by atoms with E-state index in [1.807, 2.05) is 0 Å². The van der Waals surface area contributed by atoms with Crippen molar-refractivity contribution in [3.63, 3.8) is 0 Å². The first-order chi connectivity index (χ1) is 9.33. The summed E-state index contributed by atoms with van der Waals surface area (Å²) < 4.78 is 0. The third kappa shape index (κ3) is 5.01. The highest BCUT2D eigenvalue weighted by atomic mass is 16.7. The standard InChI is InChI=1S/C17H36N2O/c1-7-8-9-10-11-12-18-15-13-16(2,3)19(20-6)17(4,5)14-15/h15,18H,7-14H2,1-6H3. The van der Waals surface area contributed by atoms with Gasteiger partial charge in [-0.1, -0.05) is 32.6 Å². The molecule has 1 aliphatic rings. The van der Waals surface area contributed by atoms with Gasteiger partial charge in [0.25, 0.3) is 0 Å². The summed E-state index contributed by atoms with van der Waals surface area (Å²) in [6.07, 6.45) is 9.07. The van der Waals surface area contributed by atoms with E-state index in [-0.39, 0.29) is 11.1 Å². The van der Waals surface area contributed by atoms with Gasteiger partial charge in [0.1, 0.15) is 0 Å². The number of unbranched alkanes of at least 4 members (excludes halogenated alkanes) is 4. The Balaban J connectivity index is 2.38. The van der Waals surface area contributed by atoms with Gasteiger partial charge in [0.2, 0.25) is 0 Å². The Morgan fingerprint density at radius 1 is 1.00 bits per heavy atom. The van der Waals surface area contributed by atoms with Crippen LogP contribution in [0.2, 0.25) is 0 Å². The molecule has 3 nitrogen and oxygen atoms in total. The van der Waals surface area contributed by atoms with Crippen LogP contribution in [0.4, 0.5) is 0 Å². The van der Waals surface area contributed by atoms with E-state index >= 15 is 0 Å². The van der Waals surface area contributed by atoms with E-state index in [2.05, 4.69) is 45.0 Å². The summed E-state index contributed by atoms with van der Waals surface area (Å²) in [7, 11) is 1.80. The number of rotatable bonds is 8. The molecule has 0 aromatic heterocycles. The first-order valence-corrected chi connectivity index (χ1v) is 8.41. The van der Waals surface area contributed by atoms with Crippen molar-refractivity contribution in [2.45, 2.75) is 96.7 Å². The molecule has 1 N–H and O–H groups in total. The highest BCUT2D eigenvalue weighted by Crippen LogP contribution is 2.38. The summed E-state index contributed by atoms with van der Waals surface area (Å²) in [5, 5.41) is 5.95. The first-order valence-electron chi connectivity index (χ1n) is 8.41. The van der Waals surface area contributed by atoms with Gasteiger partial charge in [-0.3, -0.25) is 0 Å². The van der Waals surface area contributed by atoms with Gasteiger partial charge in [-0.05, 0) is 53.5 Å². The van der Waals surface area contributed by atoms with Crippen LogP contribution in [0.15, 0.2) is 0 Å². The van der Waals surface area contributed by atoms with Crippen molar-refractivity contribution < 1.29 is 4.84 Å². The van der Waals surface area contributed by atoms with Gasteiger partial charge in [0, 0.05) is 17.1 Å². The lowest BCUT2D eigenvalue weighted by Crippen LogP contribution is -2.63. The van der Waals surface area contributed by atoms with E-state index < -0.39 is 0 Å². The molecule has 0 saturated carbocycles. The third-order valence-electron chi connectivity index (χ3n) is 4.49. The van der Waals surface area contributed by atoms with E-state index in [4.69, 9.17) is 4.84 Å². The number of piperidine rings is 1. The van der Waals surface area contributed by atoms with Crippen molar-refractivity contribution >= 4 is 0 Å². The lowest BCUT2D eigenvalue weighted by Gasteiger charge is -2.53. The lowest BCUT2D eigenvalue weighted by atomic mass is 9.79. The predicted octanol–water partition coefficient (Wildman–Crippen LogP) is 4.13. The van der Waals surface area contributed by atoms with Crippen LogP contribution in [0.3, 0.4) is 0 Å². The van der Waals surface area contributed by atoms with Crippen molar-refractivity contribution in [1.29, 1.82) is 0 Å². The van der Waals surface area contributed by atoms with Crippen LogP contribution in [-0.2, 0) is 4.84 Å². The molecule has 0 spiro atoms. The molecule has 3 heteroatoms. The number of hydrogen-bond donors (Lipinski definition) is 1. The Labute approximate surface area is 126 Å². The molecule has 0 aromatic carbocycles. The van der Waals surface area contributed by atoms with Crippen molar-refractivity contribution in [3.05, 3.63) is 0 Å². The second-order valence-corrected chi connectivity index (χ2v) is 7.58. The first kappa shape index (κ1) is 17.9. The molecule has 0 bridgehead atoms. The van der Waals surface area contributed by atoms with E-state index in [0.717, 1.165) is 19.4 Å². The van der Waals surface area contributed by atoms with E-state index in [9.17, 15) is 0 Å². The molecule has 0 aliphatic carbocycles. The topological polar surface area (TPSA) is 24.5 Å². The monoisotopic (exact) mass is 284 g/mol. The molecule has 20 heavy (non-hydrogen) atoms. The van der Waals surface area contributed by atoms with Crippen molar-refractivity contribution in [2.24, 2.45) is 0 Å². The lowest BCUT2D eigenvalue weighted by molar-refractivity contribution is -0.267. The largest absolute Gasteiger partial charge is 0.314 e. The molecule has 0 unspecified atom stereocenters. The molecule has 0 radical (unpaired) electrons. The molecule has 120 valence electrons. The molecule has 1 fully saturated rings. The minimum absolute atomic E-state index is 0.0936. The quantitative estimate of drug-likeness (QED) is 0.678. The molecular formula is C17H36N2O. The Hall–Kier alpha value is -0.120. The van der Waals surface area contributed by atoms with Crippen LogP contribution in [0.25, 0.3) is 0 Å². The SMILES string of the molecule is CCCCCCCNC1CC(C)(C)N(OC)C(C)(C)C1. The maximum absolute atomic E-state index is 5.65. The second-order valence-electron chi connectivity index (χ2n) is 7.58. The minimum Gasteiger partial charge on any atom is -0.314 e. The smallest absolute Gasteiger partial charge is 0.0575 e. The van der Waals surface area contributed by atoms with Crippen LogP contribution in [-0.4, -0.2) is 35.8 Å². The van der Waals surface area contributed by atoms with Crippen LogP contribution in [0.1, 0.15) is 79.6 Å². The molecule has 1 heterocycles. The number of hydroxylamine groups is 2. The highest BCUT2D eigenvalue weighted by molar-refractivity contribution is 4.99. The molecule has 0 atom stereocenters. The average Bonchev–Trinajstić information content (AvgIpc) is 2.31. The van der Waals surface area contributed by atoms with Crippen LogP contribution < -0.4 is 5.32 Å². The molecule has 1 aliphatic heterocycles. The Morgan fingerprint density at radius 2 is 1.55 bits per heavy atom. The number of hydrogen-bond acceptors (Lipinski definition) is 3. The summed E-state index contributed by atoms with van der Waals surface area (Å²) in [5.41, 5.74) is 0.187. The van der Waals surface area contributed by atoms with Gasteiger partial charge in [-0.25, -0.2) is 0 Å². The average molecular weight is 284 g/mol. The van der Waals surface area contributed by atoms with Gasteiger partial charge in [-0.2, -0.15) is 5.06 Å². The third-order valence-corrected chi connectivity index (χ3v) is 4.49. The molecular weight excluding hydrogens is 248 g/mol. The van der Waals surface area contributed by atoms with Gasteiger partial charge in [0.15, 0.2) is 0 Å². The molecule has 0 amide bonds. The van der Waals surface area contributed by atoms with Crippen molar-refractivity contribution in [2.75, 3.05) is 13.7 Å². The van der Waals surface area contributed by atoms with Gasteiger partial charge in [-0.15, -0.1) is 0 Å². The molecule has 1 saturated heterocycles. The van der Waals surface area contributed by atoms with E-state index in [0.29, 0.717) is 6.04 Å². The summed E-state index contributed by atoms with van der Waals surface area (Å²) >= 11 is 0. The Kier molecular flexibility index (Phi) is 6.96. The van der Waals surface area contributed by atoms with Gasteiger partial charge >= 0.3 is 0 Å². The van der Waals surface area contributed by atoms with Crippen molar-refractivity contribution in [3.8, 4) is 0 Å². The fraction of sp³-hybridized carbons (Fsp3) is 1.00. The van der Waals surface area contributed by atoms with Gasteiger partial charge in [0.05, 0.1) is 7.11 Å². The number of nitrogens with zero attached hydrogens (tertiary/aromatic N) is 1. The summed E-state index contributed by atoms with van der Waals surface area (Å²) in [5.74, 6) is 0. The minimum atomic E-state index is 0.0936. The fourth-order valence-corrected chi connectivity index (χ4v) is 3.94. The van der Waals surface area contributed by atoms with Crippen LogP contribution >= 0.6 is 0 Å². The van der Waals surface area contributed by atoms with E-state index in [1.54, 1.807) is 7.11 Å². The number of nitrogens with one attached hydrogen (secondary N) is 1.